The number of aromatic nitrogens is 2. The Morgan fingerprint density at radius 2 is 1.79 bits per heavy atom. The van der Waals surface area contributed by atoms with E-state index in [1.807, 2.05) is 4.90 Å². The fraction of sp³-hybridized carbons (Fsp3) is 0.636. The van der Waals surface area contributed by atoms with Crippen LogP contribution in [0.5, 0.6) is 0 Å². The van der Waals surface area contributed by atoms with E-state index in [0.29, 0.717) is 44.3 Å². The van der Waals surface area contributed by atoms with E-state index in [1.54, 1.807) is 22.8 Å². The molecule has 1 aliphatic heterocycles. The fourth-order valence-corrected chi connectivity index (χ4v) is 3.86. The summed E-state index contributed by atoms with van der Waals surface area (Å²) in [6.07, 6.45) is 3.98. The van der Waals surface area contributed by atoms with Crippen LogP contribution in [0.15, 0.2) is 18.5 Å². The van der Waals surface area contributed by atoms with E-state index in [2.05, 4.69) is 22.6 Å². The van der Waals surface area contributed by atoms with Crippen molar-refractivity contribution in [2.24, 2.45) is 0 Å². The summed E-state index contributed by atoms with van der Waals surface area (Å²) in [4.78, 5) is 10.4. The van der Waals surface area contributed by atoms with Gasteiger partial charge in [0.25, 0.3) is 0 Å². The molecule has 8 heteroatoms. The SMILES string of the molecule is O=S(=O)(CCCS)N1CCN(c2ncccn2)CC1. The Morgan fingerprint density at radius 3 is 2.37 bits per heavy atom. The van der Waals surface area contributed by atoms with Gasteiger partial charge >= 0.3 is 0 Å². The maximum Gasteiger partial charge on any atom is 0.225 e. The first kappa shape index (κ1) is 14.5. The van der Waals surface area contributed by atoms with Gasteiger partial charge in [-0.25, -0.2) is 18.4 Å². The Bertz CT molecular complexity index is 487. The molecular weight excluding hydrogens is 284 g/mol. The second kappa shape index (κ2) is 6.53. The lowest BCUT2D eigenvalue weighted by molar-refractivity contribution is 0.382. The number of nitrogens with zero attached hydrogens (tertiary/aromatic N) is 4. The van der Waals surface area contributed by atoms with Gasteiger partial charge in [-0.05, 0) is 18.2 Å². The van der Waals surface area contributed by atoms with Gasteiger partial charge in [0.05, 0.1) is 5.75 Å². The maximum absolute atomic E-state index is 12.0. The smallest absolute Gasteiger partial charge is 0.225 e. The third-order valence-corrected chi connectivity index (χ3v) is 5.30. The molecule has 0 N–H and O–H groups in total. The van der Waals surface area contributed by atoms with Gasteiger partial charge in [0.1, 0.15) is 0 Å². The second-order valence-corrected chi connectivity index (χ2v) is 6.86. The van der Waals surface area contributed by atoms with Crippen LogP contribution in [0.3, 0.4) is 0 Å². The van der Waals surface area contributed by atoms with Crippen molar-refractivity contribution < 1.29 is 8.42 Å². The third-order valence-electron chi connectivity index (χ3n) is 3.03. The van der Waals surface area contributed by atoms with E-state index in [-0.39, 0.29) is 5.75 Å². The van der Waals surface area contributed by atoms with Crippen molar-refractivity contribution in [2.45, 2.75) is 6.42 Å². The molecule has 0 radical (unpaired) electrons. The summed E-state index contributed by atoms with van der Waals surface area (Å²) in [5.41, 5.74) is 0. The Morgan fingerprint density at radius 1 is 1.16 bits per heavy atom. The predicted octanol–water partition coefficient (Wildman–Crippen LogP) is 0.248. The van der Waals surface area contributed by atoms with Crippen molar-refractivity contribution in [3.05, 3.63) is 18.5 Å². The van der Waals surface area contributed by atoms with E-state index in [4.69, 9.17) is 0 Å². The highest BCUT2D eigenvalue weighted by Gasteiger charge is 2.27. The number of anilines is 1. The van der Waals surface area contributed by atoms with Gasteiger partial charge in [-0.1, -0.05) is 0 Å². The van der Waals surface area contributed by atoms with Crippen LogP contribution in [0.2, 0.25) is 0 Å². The van der Waals surface area contributed by atoms with Crippen molar-refractivity contribution in [2.75, 3.05) is 42.6 Å². The van der Waals surface area contributed by atoms with Crippen LogP contribution in [0.4, 0.5) is 5.95 Å². The highest BCUT2D eigenvalue weighted by molar-refractivity contribution is 7.89. The third kappa shape index (κ3) is 3.80. The molecule has 6 nitrogen and oxygen atoms in total. The summed E-state index contributed by atoms with van der Waals surface area (Å²) in [6.45, 7) is 2.24. The molecule has 1 saturated heterocycles. The molecule has 1 fully saturated rings. The van der Waals surface area contributed by atoms with E-state index in [0.717, 1.165) is 0 Å². The van der Waals surface area contributed by atoms with Crippen molar-refractivity contribution in [1.29, 1.82) is 0 Å². The first-order chi connectivity index (χ1) is 9.13. The average molecular weight is 302 g/mol. The van der Waals surface area contributed by atoms with E-state index in [9.17, 15) is 8.42 Å². The van der Waals surface area contributed by atoms with Crippen molar-refractivity contribution in [3.8, 4) is 0 Å². The molecule has 0 aliphatic carbocycles. The number of thiol groups is 1. The van der Waals surface area contributed by atoms with Gasteiger partial charge in [0.2, 0.25) is 16.0 Å². The molecule has 0 bridgehead atoms. The Balaban J connectivity index is 1.92. The molecular formula is C11H18N4O2S2. The fourth-order valence-electron chi connectivity index (χ4n) is 2.00. The Hall–Kier alpha value is -0.860. The van der Waals surface area contributed by atoms with Gasteiger partial charge in [-0.2, -0.15) is 16.9 Å². The highest BCUT2D eigenvalue weighted by Crippen LogP contribution is 2.13. The Kier molecular flexibility index (Phi) is 5.00. The number of rotatable bonds is 5. The lowest BCUT2D eigenvalue weighted by atomic mass is 10.4. The highest BCUT2D eigenvalue weighted by atomic mass is 32.2. The molecule has 19 heavy (non-hydrogen) atoms. The predicted molar refractivity (Wildman–Crippen MR) is 78.1 cm³/mol. The molecule has 0 atom stereocenters. The normalized spacial score (nSPS) is 17.6. The second-order valence-electron chi connectivity index (χ2n) is 4.33. The molecule has 1 aromatic heterocycles. The zero-order valence-corrected chi connectivity index (χ0v) is 12.4. The van der Waals surface area contributed by atoms with E-state index >= 15 is 0 Å². The molecule has 1 aliphatic rings. The van der Waals surface area contributed by atoms with Crippen LogP contribution in [0.25, 0.3) is 0 Å². The molecule has 0 aromatic carbocycles. The number of sulfonamides is 1. The lowest BCUT2D eigenvalue weighted by Crippen LogP contribution is -2.49. The van der Waals surface area contributed by atoms with E-state index < -0.39 is 10.0 Å². The minimum Gasteiger partial charge on any atom is -0.338 e. The van der Waals surface area contributed by atoms with Crippen LogP contribution >= 0.6 is 12.6 Å². The summed E-state index contributed by atoms with van der Waals surface area (Å²) in [6, 6.07) is 1.77. The molecule has 1 aromatic rings. The first-order valence-corrected chi connectivity index (χ1v) is 8.48. The number of piperazine rings is 1. The lowest BCUT2D eigenvalue weighted by Gasteiger charge is -2.33. The van der Waals surface area contributed by atoms with Crippen molar-refractivity contribution in [1.82, 2.24) is 14.3 Å². The van der Waals surface area contributed by atoms with E-state index in [1.165, 1.54) is 0 Å². The van der Waals surface area contributed by atoms with Gasteiger partial charge in [-0.3, -0.25) is 0 Å². The largest absolute Gasteiger partial charge is 0.338 e. The number of hydrogen-bond donors (Lipinski definition) is 1. The van der Waals surface area contributed by atoms with Gasteiger partial charge in [0.15, 0.2) is 0 Å². The van der Waals surface area contributed by atoms with Gasteiger partial charge < -0.3 is 4.90 Å². The van der Waals surface area contributed by atoms with Gasteiger partial charge in [0, 0.05) is 38.6 Å². The zero-order valence-electron chi connectivity index (χ0n) is 10.6. The van der Waals surface area contributed by atoms with Crippen LogP contribution < -0.4 is 4.90 Å². The topological polar surface area (TPSA) is 66.4 Å². The monoisotopic (exact) mass is 302 g/mol. The standard InChI is InChI=1S/C11H18N4O2S2/c16-19(17,10-2-9-18)15-7-5-14(6-8-15)11-12-3-1-4-13-11/h1,3-4,18H,2,5-10H2. The quantitative estimate of drug-likeness (QED) is 0.790. The van der Waals surface area contributed by atoms with Crippen molar-refractivity contribution in [3.63, 3.8) is 0 Å². The molecule has 2 heterocycles. The summed E-state index contributed by atoms with van der Waals surface area (Å²) >= 11 is 4.05. The summed E-state index contributed by atoms with van der Waals surface area (Å²) in [7, 11) is -3.13. The van der Waals surface area contributed by atoms with Crippen LogP contribution in [-0.2, 0) is 10.0 Å². The molecule has 106 valence electrons. The average Bonchev–Trinajstić information content (AvgIpc) is 2.46. The first-order valence-electron chi connectivity index (χ1n) is 6.24. The molecule has 2 rings (SSSR count). The van der Waals surface area contributed by atoms with Crippen LogP contribution in [0, 0.1) is 0 Å². The summed E-state index contributed by atoms with van der Waals surface area (Å²) in [5, 5.41) is 0. The minimum absolute atomic E-state index is 0.179. The number of hydrogen-bond acceptors (Lipinski definition) is 6. The molecule has 0 spiro atoms. The van der Waals surface area contributed by atoms with Crippen molar-refractivity contribution >= 4 is 28.6 Å². The summed E-state index contributed by atoms with van der Waals surface area (Å²) in [5.74, 6) is 1.44. The minimum atomic E-state index is -3.13. The maximum atomic E-state index is 12.0. The Labute approximate surface area is 119 Å². The molecule has 0 saturated carbocycles. The zero-order chi connectivity index (χ0) is 13.7. The van der Waals surface area contributed by atoms with Crippen LogP contribution in [0.1, 0.15) is 6.42 Å². The molecule has 0 amide bonds. The van der Waals surface area contributed by atoms with Crippen LogP contribution in [-0.4, -0.2) is 60.4 Å². The van der Waals surface area contributed by atoms with Gasteiger partial charge in [-0.15, -0.1) is 0 Å². The molecule has 0 unspecified atom stereocenters. The summed E-state index contributed by atoms with van der Waals surface area (Å²) < 4.78 is 25.6.